The lowest BCUT2D eigenvalue weighted by Crippen LogP contribution is -2.54. The number of quaternary nitrogens is 3. The molecule has 0 radical (unpaired) electrons. The van der Waals surface area contributed by atoms with Crippen LogP contribution in [0.2, 0.25) is 0 Å². The van der Waals surface area contributed by atoms with Crippen LogP contribution < -0.4 is 13.7 Å². The Morgan fingerprint density at radius 3 is 0.847 bits per heavy atom. The van der Waals surface area contributed by atoms with Crippen molar-refractivity contribution in [3.63, 3.8) is 0 Å². The van der Waals surface area contributed by atoms with Gasteiger partial charge in [-0.1, -0.05) is 80.1 Å². The fourth-order valence-electron chi connectivity index (χ4n) is 15.9. The Morgan fingerprint density at radius 2 is 0.597 bits per heavy atom. The molecule has 6 heterocycles. The number of hydrogen-bond donors (Lipinski definition) is 0. The molecule has 2 aliphatic carbocycles. The summed E-state index contributed by atoms with van der Waals surface area (Å²) in [5.41, 5.74) is 0. The maximum absolute atomic E-state index is 2.45. The van der Waals surface area contributed by atoms with E-state index in [1.807, 2.05) is 0 Å². The molecule has 8 rings (SSSR count). The van der Waals surface area contributed by atoms with E-state index in [0.717, 1.165) is 74.8 Å². The molecule has 0 unspecified atom stereocenters. The molecule has 3 aliphatic heterocycles. The predicted molar refractivity (Wildman–Crippen MR) is 299 cm³/mol. The summed E-state index contributed by atoms with van der Waals surface area (Å²) < 4.78 is 18.9. The molecule has 72 heavy (non-hydrogen) atoms. The Labute approximate surface area is 444 Å². The van der Waals surface area contributed by atoms with Gasteiger partial charge in [-0.05, 0) is 94.8 Å². The summed E-state index contributed by atoms with van der Waals surface area (Å²) in [6.07, 6.45) is 54.4. The predicted octanol–water partition coefficient (Wildman–Crippen LogP) is 12.0. The average Bonchev–Trinajstić information content (AvgIpc) is 4.26. The number of rotatable bonds is 30. The van der Waals surface area contributed by atoms with Crippen LogP contribution in [-0.2, 0) is 39.3 Å². The van der Waals surface area contributed by atoms with Crippen molar-refractivity contribution in [3.05, 3.63) is 56.2 Å². The van der Waals surface area contributed by atoms with E-state index >= 15 is 0 Å². The maximum atomic E-state index is 2.45. The highest BCUT2D eigenvalue weighted by molar-refractivity contribution is 4.82. The normalized spacial score (nSPS) is 25.8. The molecule has 0 atom stereocenters. The van der Waals surface area contributed by atoms with Gasteiger partial charge >= 0.3 is 0 Å². The molecule has 0 amide bonds. The molecular weight excluding hydrogens is 883 g/mol. The number of aryl methyl sites for hydroxylation is 3. The lowest BCUT2D eigenvalue weighted by atomic mass is 9.73. The van der Waals surface area contributed by atoms with Gasteiger partial charge in [-0.3, -0.25) is 0 Å². The number of imidazole rings is 3. The number of aromatic nitrogens is 6. The molecule has 5 aliphatic rings. The van der Waals surface area contributed by atoms with Crippen molar-refractivity contribution in [2.45, 2.75) is 235 Å². The number of nitrogens with zero attached hydrogens (tertiary/aromatic N) is 9. The highest BCUT2D eigenvalue weighted by Gasteiger charge is 2.44. The van der Waals surface area contributed by atoms with Crippen LogP contribution in [0, 0.1) is 35.5 Å². The van der Waals surface area contributed by atoms with E-state index in [2.05, 4.69) is 125 Å². The summed E-state index contributed by atoms with van der Waals surface area (Å²) in [5, 5.41) is 0. The molecule has 2 saturated carbocycles. The third-order valence-electron chi connectivity index (χ3n) is 19.4. The first-order chi connectivity index (χ1) is 35.2. The Balaban J connectivity index is 0.000000211. The molecule has 0 N–H and O–H groups in total. The Hall–Kier alpha value is -2.49. The van der Waals surface area contributed by atoms with Crippen LogP contribution >= 0.6 is 0 Å². The van der Waals surface area contributed by atoms with Crippen molar-refractivity contribution >= 4 is 0 Å². The molecule has 5 fully saturated rings. The minimum absolute atomic E-state index is 0.742. The first kappa shape index (κ1) is 57.2. The van der Waals surface area contributed by atoms with Crippen LogP contribution in [-0.4, -0.2) is 106 Å². The minimum Gasteiger partial charge on any atom is -0.323 e. The third-order valence-corrected chi connectivity index (χ3v) is 19.4. The lowest BCUT2D eigenvalue weighted by Gasteiger charge is -2.46. The van der Waals surface area contributed by atoms with Gasteiger partial charge in [0.15, 0.2) is 0 Å². The van der Waals surface area contributed by atoms with Gasteiger partial charge in [0.25, 0.3) is 0 Å². The number of unbranched alkanes of at least 4 members (excludes halogenated alkanes) is 6. The van der Waals surface area contributed by atoms with E-state index in [4.69, 9.17) is 0 Å². The average molecular weight is 1000 g/mol. The van der Waals surface area contributed by atoms with Crippen LogP contribution in [0.3, 0.4) is 0 Å². The van der Waals surface area contributed by atoms with Crippen molar-refractivity contribution in [1.29, 1.82) is 0 Å². The highest BCUT2D eigenvalue weighted by atomic mass is 15.4. The second-order valence-electron chi connectivity index (χ2n) is 26.0. The van der Waals surface area contributed by atoms with E-state index in [1.54, 1.807) is 19.3 Å². The Bertz CT molecular complexity index is 1660. The van der Waals surface area contributed by atoms with Gasteiger partial charge in [-0.2, -0.15) is 0 Å². The maximum Gasteiger partial charge on any atom is 0.243 e. The van der Waals surface area contributed by atoms with Crippen LogP contribution in [0.25, 0.3) is 0 Å². The van der Waals surface area contributed by atoms with Gasteiger partial charge in [0.1, 0.15) is 37.2 Å². The molecule has 0 bridgehead atoms. The number of hydrogen-bond acceptors (Lipinski definition) is 0. The van der Waals surface area contributed by atoms with Crippen molar-refractivity contribution in [3.8, 4) is 0 Å². The molecular formula is C63H117N9+6. The summed E-state index contributed by atoms with van der Waals surface area (Å²) in [6, 6.07) is 0. The molecule has 9 nitrogen and oxygen atoms in total. The quantitative estimate of drug-likeness (QED) is 0.0470. The molecule has 3 aromatic rings. The molecule has 408 valence electrons. The first-order valence-corrected chi connectivity index (χ1v) is 31.9. The van der Waals surface area contributed by atoms with Gasteiger partial charge in [-0.25, -0.2) is 27.4 Å². The minimum atomic E-state index is 0.742. The zero-order valence-corrected chi connectivity index (χ0v) is 48.4. The third kappa shape index (κ3) is 17.8. The van der Waals surface area contributed by atoms with Gasteiger partial charge in [0, 0.05) is 56.3 Å². The van der Waals surface area contributed by atoms with E-state index in [-0.39, 0.29) is 0 Å². The molecule has 9 heteroatoms. The van der Waals surface area contributed by atoms with Crippen molar-refractivity contribution in [2.75, 3.05) is 78.5 Å². The van der Waals surface area contributed by atoms with Crippen molar-refractivity contribution < 1.29 is 27.2 Å². The van der Waals surface area contributed by atoms with Crippen molar-refractivity contribution in [2.24, 2.45) is 35.5 Å². The van der Waals surface area contributed by atoms with Crippen LogP contribution in [0.1, 0.15) is 196 Å². The first-order valence-electron chi connectivity index (χ1n) is 31.9. The molecule has 0 aromatic carbocycles. The number of likely N-dealkylation sites (tertiary alicyclic amines) is 3. The van der Waals surface area contributed by atoms with Crippen LogP contribution in [0.15, 0.2) is 56.2 Å². The monoisotopic (exact) mass is 1000 g/mol. The largest absolute Gasteiger partial charge is 0.323 e. The highest BCUT2D eigenvalue weighted by Crippen LogP contribution is 2.41. The van der Waals surface area contributed by atoms with Gasteiger partial charge < -0.3 is 13.4 Å². The van der Waals surface area contributed by atoms with Gasteiger partial charge in [0.05, 0.1) is 118 Å². The summed E-state index contributed by atoms with van der Waals surface area (Å²) >= 11 is 0. The van der Waals surface area contributed by atoms with E-state index in [1.165, 1.54) is 227 Å². The molecule has 3 aromatic heterocycles. The summed E-state index contributed by atoms with van der Waals surface area (Å²) in [7, 11) is 0. The zero-order chi connectivity index (χ0) is 50.5. The van der Waals surface area contributed by atoms with E-state index < -0.39 is 0 Å². The smallest absolute Gasteiger partial charge is 0.243 e. The van der Waals surface area contributed by atoms with Crippen LogP contribution in [0.4, 0.5) is 0 Å². The summed E-state index contributed by atoms with van der Waals surface area (Å²) in [4.78, 5) is 0. The molecule has 0 spiro atoms. The lowest BCUT2D eigenvalue weighted by molar-refractivity contribution is -0.926. The standard InChI is InChI=1S/C33H66N3.C30H51N6/c1-4-7-16-34(19-10-11-20-34)28-31-25-32(29-35(17-8-5-2)21-12-13-22-35)27-33(26-31)30-36(18-9-6-3)23-14-15-24-36;1-4-7-10-31-13-16-34(25-31)22-28-19-29(23-35-17-14-32(26-35)11-8-5-2)21-30(20-28)24-36-18-15-33(27-36)12-9-6-3/h31-33H,4-30H2,1-3H3;13-18,25-30H,4-12,19-24H2,1-3H3/q2*+3. The topological polar surface area (TPSA) is 26.4 Å². The Kier molecular flexibility index (Phi) is 23.6. The van der Waals surface area contributed by atoms with Gasteiger partial charge in [0.2, 0.25) is 19.0 Å². The Morgan fingerprint density at radius 1 is 0.347 bits per heavy atom. The second kappa shape index (κ2) is 29.7. The molecule has 3 saturated heterocycles. The van der Waals surface area contributed by atoms with Gasteiger partial charge in [-0.15, -0.1) is 0 Å². The zero-order valence-electron chi connectivity index (χ0n) is 48.4. The van der Waals surface area contributed by atoms with Crippen molar-refractivity contribution in [1.82, 2.24) is 13.7 Å². The van der Waals surface area contributed by atoms with E-state index in [0.29, 0.717) is 0 Å². The fourth-order valence-corrected chi connectivity index (χ4v) is 15.9. The SMILES string of the molecule is CCCC[N+]1(CC2CC(C[N+]3(CCCC)CCCC3)CC(C[N+]3(CCCC)CCCC3)C2)CCCC1.CCCCn1cc[n+](CC2CC(C[n+]3ccn(CCCC)c3)CC(C[n+]3ccn(CCCC)c3)C2)c1. The fraction of sp³-hybridized carbons (Fsp3) is 0.857. The summed E-state index contributed by atoms with van der Waals surface area (Å²) in [6.45, 7) is 38.9. The van der Waals surface area contributed by atoms with Crippen LogP contribution in [0.5, 0.6) is 0 Å². The van der Waals surface area contributed by atoms with E-state index in [9.17, 15) is 0 Å². The second-order valence-corrected chi connectivity index (χ2v) is 26.0. The summed E-state index contributed by atoms with van der Waals surface area (Å²) in [5.74, 6) is 5.24.